The van der Waals surface area contributed by atoms with Crippen molar-refractivity contribution >= 4 is 28.7 Å². The van der Waals surface area contributed by atoms with Crippen molar-refractivity contribution in [3.05, 3.63) is 54.6 Å². The number of thiocarbonyl (C=S) groups is 1. The van der Waals surface area contributed by atoms with E-state index in [4.69, 9.17) is 12.2 Å². The Morgan fingerprint density at radius 2 is 2.11 bits per heavy atom. The Kier molecular flexibility index (Phi) is 4.58. The van der Waals surface area contributed by atoms with Gasteiger partial charge in [0.1, 0.15) is 0 Å². The van der Waals surface area contributed by atoms with Gasteiger partial charge in [0, 0.05) is 31.2 Å². The Hall–Kier alpha value is -1.81. The van der Waals surface area contributed by atoms with Gasteiger partial charge in [-0.1, -0.05) is 18.2 Å². The molecule has 0 aliphatic heterocycles. The fourth-order valence-corrected chi connectivity index (χ4v) is 2.00. The van der Waals surface area contributed by atoms with Gasteiger partial charge in [0.05, 0.1) is 0 Å². The number of allylic oxidation sites excluding steroid dienone is 3. The van der Waals surface area contributed by atoms with Gasteiger partial charge in [0.15, 0.2) is 5.11 Å². The van der Waals surface area contributed by atoms with Crippen molar-refractivity contribution < 1.29 is 0 Å². The van der Waals surface area contributed by atoms with Crippen LogP contribution in [0, 0.1) is 6.42 Å². The van der Waals surface area contributed by atoms with Crippen LogP contribution in [-0.4, -0.2) is 19.2 Å². The summed E-state index contributed by atoms with van der Waals surface area (Å²) in [5.41, 5.74) is 3.15. The third-order valence-corrected chi connectivity index (χ3v) is 2.97. The maximum Gasteiger partial charge on any atom is 0.175 e. The van der Waals surface area contributed by atoms with Crippen LogP contribution in [0.25, 0.3) is 0 Å². The molecule has 0 unspecified atom stereocenters. The highest BCUT2D eigenvalue weighted by atomic mass is 32.1. The van der Waals surface area contributed by atoms with Crippen molar-refractivity contribution in [3.8, 4) is 0 Å². The van der Waals surface area contributed by atoms with Crippen LogP contribution in [0.3, 0.4) is 0 Å². The molecule has 1 aliphatic carbocycles. The molecule has 0 heterocycles. The Morgan fingerprint density at radius 1 is 1.26 bits per heavy atom. The monoisotopic (exact) mass is 272 g/mol. The molecule has 0 bridgehead atoms. The summed E-state index contributed by atoms with van der Waals surface area (Å²) in [7, 11) is 4.04. The molecule has 19 heavy (non-hydrogen) atoms. The van der Waals surface area contributed by atoms with Crippen molar-refractivity contribution in [2.24, 2.45) is 0 Å². The third kappa shape index (κ3) is 4.10. The fraction of sp³-hybridized carbons (Fsp3) is 0.200. The van der Waals surface area contributed by atoms with E-state index in [9.17, 15) is 0 Å². The van der Waals surface area contributed by atoms with E-state index in [0.29, 0.717) is 5.11 Å². The highest BCUT2D eigenvalue weighted by molar-refractivity contribution is 7.80. The summed E-state index contributed by atoms with van der Waals surface area (Å²) in [6.07, 6.45) is 9.18. The predicted molar refractivity (Wildman–Crippen MR) is 86.3 cm³/mol. The molecule has 0 fully saturated rings. The van der Waals surface area contributed by atoms with E-state index in [0.717, 1.165) is 23.5 Å². The first-order valence-electron chi connectivity index (χ1n) is 6.20. The topological polar surface area (TPSA) is 27.3 Å². The summed E-state index contributed by atoms with van der Waals surface area (Å²) < 4.78 is 0. The van der Waals surface area contributed by atoms with Gasteiger partial charge in [-0.15, -0.1) is 0 Å². The average Bonchev–Trinajstić information content (AvgIpc) is 2.40. The van der Waals surface area contributed by atoms with Crippen LogP contribution >= 0.6 is 12.2 Å². The van der Waals surface area contributed by atoms with Crippen molar-refractivity contribution in [2.45, 2.75) is 6.42 Å². The molecule has 99 valence electrons. The molecule has 0 saturated heterocycles. The molecule has 3 nitrogen and oxygen atoms in total. The molecule has 0 amide bonds. The minimum atomic E-state index is 0.605. The number of rotatable bonds is 3. The van der Waals surface area contributed by atoms with Crippen LogP contribution < -0.4 is 15.5 Å². The number of anilines is 2. The third-order valence-electron chi connectivity index (χ3n) is 2.76. The zero-order chi connectivity index (χ0) is 13.7. The Bertz CT molecular complexity index is 518. The summed E-state index contributed by atoms with van der Waals surface area (Å²) in [6, 6.07) is 8.13. The van der Waals surface area contributed by atoms with Crippen LogP contribution in [0.1, 0.15) is 6.42 Å². The number of nitrogens with zero attached hydrogens (tertiary/aromatic N) is 1. The Labute approximate surface area is 120 Å². The molecular formula is C15H18N3S. The highest BCUT2D eigenvalue weighted by Gasteiger charge is 2.02. The number of benzene rings is 1. The van der Waals surface area contributed by atoms with Crippen LogP contribution in [-0.2, 0) is 0 Å². The van der Waals surface area contributed by atoms with Gasteiger partial charge in [-0.25, -0.2) is 0 Å². The van der Waals surface area contributed by atoms with Gasteiger partial charge >= 0.3 is 0 Å². The Morgan fingerprint density at radius 3 is 2.79 bits per heavy atom. The lowest BCUT2D eigenvalue weighted by Crippen LogP contribution is -2.27. The maximum absolute atomic E-state index is 5.31. The summed E-state index contributed by atoms with van der Waals surface area (Å²) in [6.45, 7) is 0. The molecule has 0 atom stereocenters. The minimum absolute atomic E-state index is 0.605. The van der Waals surface area contributed by atoms with Crippen LogP contribution in [0.4, 0.5) is 11.4 Å². The molecular weight excluding hydrogens is 254 g/mol. The Balaban J connectivity index is 1.97. The smallest absolute Gasteiger partial charge is 0.175 e. The van der Waals surface area contributed by atoms with Crippen molar-refractivity contribution in [2.75, 3.05) is 24.3 Å². The highest BCUT2D eigenvalue weighted by Crippen LogP contribution is 2.17. The molecule has 1 aromatic rings. The number of hydrogen-bond acceptors (Lipinski definition) is 2. The molecule has 0 aromatic heterocycles. The SMILES string of the molecule is CN(C)c1cccc(NC(=S)NC2=CC[CH]C=C2)c1. The molecule has 1 radical (unpaired) electrons. The van der Waals surface area contributed by atoms with E-state index in [1.807, 2.05) is 38.4 Å². The molecule has 2 N–H and O–H groups in total. The molecule has 1 aromatic carbocycles. The van der Waals surface area contributed by atoms with Crippen LogP contribution in [0.2, 0.25) is 0 Å². The number of nitrogens with one attached hydrogen (secondary N) is 2. The maximum atomic E-state index is 5.31. The van der Waals surface area contributed by atoms with Gasteiger partial charge < -0.3 is 15.5 Å². The fourth-order valence-electron chi connectivity index (χ4n) is 1.76. The first kappa shape index (κ1) is 13.6. The van der Waals surface area contributed by atoms with Crippen molar-refractivity contribution in [3.63, 3.8) is 0 Å². The van der Waals surface area contributed by atoms with Gasteiger partial charge in [-0.05, 0) is 49.3 Å². The van der Waals surface area contributed by atoms with E-state index < -0.39 is 0 Å². The lowest BCUT2D eigenvalue weighted by atomic mass is 10.1. The second-order valence-corrected chi connectivity index (χ2v) is 4.92. The summed E-state index contributed by atoms with van der Waals surface area (Å²) >= 11 is 5.31. The first-order chi connectivity index (χ1) is 9.15. The predicted octanol–water partition coefficient (Wildman–Crippen LogP) is 3.09. The van der Waals surface area contributed by atoms with E-state index >= 15 is 0 Å². The lowest BCUT2D eigenvalue weighted by molar-refractivity contribution is 1.11. The van der Waals surface area contributed by atoms with E-state index in [1.54, 1.807) is 0 Å². The second-order valence-electron chi connectivity index (χ2n) is 4.51. The van der Waals surface area contributed by atoms with Gasteiger partial charge in [-0.3, -0.25) is 0 Å². The molecule has 1 aliphatic rings. The average molecular weight is 272 g/mol. The van der Waals surface area contributed by atoms with E-state index in [-0.39, 0.29) is 0 Å². The van der Waals surface area contributed by atoms with Crippen molar-refractivity contribution in [1.29, 1.82) is 0 Å². The van der Waals surface area contributed by atoms with E-state index in [1.165, 1.54) is 0 Å². The summed E-state index contributed by atoms with van der Waals surface area (Å²) in [4.78, 5) is 2.06. The van der Waals surface area contributed by atoms with Gasteiger partial charge in [-0.2, -0.15) is 0 Å². The van der Waals surface area contributed by atoms with Crippen molar-refractivity contribution in [1.82, 2.24) is 5.32 Å². The second kappa shape index (κ2) is 6.38. The normalized spacial score (nSPS) is 13.7. The quantitative estimate of drug-likeness (QED) is 0.827. The summed E-state index contributed by atoms with van der Waals surface area (Å²) in [5.74, 6) is 0. The first-order valence-corrected chi connectivity index (χ1v) is 6.61. The lowest BCUT2D eigenvalue weighted by Gasteiger charge is -2.16. The molecule has 0 saturated carbocycles. The zero-order valence-electron chi connectivity index (χ0n) is 11.2. The number of hydrogen-bond donors (Lipinski definition) is 2. The van der Waals surface area contributed by atoms with Crippen LogP contribution in [0.15, 0.2) is 48.2 Å². The molecule has 4 heteroatoms. The van der Waals surface area contributed by atoms with E-state index in [2.05, 4.69) is 40.2 Å². The molecule has 2 rings (SSSR count). The van der Waals surface area contributed by atoms with Gasteiger partial charge in [0.2, 0.25) is 0 Å². The summed E-state index contributed by atoms with van der Waals surface area (Å²) in [5, 5.41) is 6.98. The largest absolute Gasteiger partial charge is 0.378 e. The van der Waals surface area contributed by atoms with Crippen LogP contribution in [0.5, 0.6) is 0 Å². The minimum Gasteiger partial charge on any atom is -0.378 e. The zero-order valence-corrected chi connectivity index (χ0v) is 12.0. The standard InChI is InChI=1S/C15H18N3S/c1-18(2)14-10-6-9-13(11-14)17-15(19)16-12-7-4-3-5-8-12/h3-4,6-11H,5H2,1-2H3,(H2,16,17,19). The van der Waals surface area contributed by atoms with Gasteiger partial charge in [0.25, 0.3) is 0 Å². The molecule has 0 spiro atoms.